The predicted molar refractivity (Wildman–Crippen MR) is 113 cm³/mol. The van der Waals surface area contributed by atoms with Gasteiger partial charge < -0.3 is 23.9 Å². The average Bonchev–Trinajstić information content (AvgIpc) is 3.42. The molecule has 0 spiro atoms. The summed E-state index contributed by atoms with van der Waals surface area (Å²) in [5.74, 6) is -2.17. The van der Waals surface area contributed by atoms with Crippen LogP contribution in [-0.2, 0) is 14.3 Å². The van der Waals surface area contributed by atoms with E-state index in [0.717, 1.165) is 25.7 Å². The maximum atomic E-state index is 13.9. The predicted octanol–water partition coefficient (Wildman–Crippen LogP) is 2.57. The van der Waals surface area contributed by atoms with Crippen LogP contribution in [0.1, 0.15) is 23.8 Å². The number of likely N-dealkylation sites (tertiary alicyclic amines) is 1. The molecule has 4 rings (SSSR count). The molecule has 2 aliphatic rings. The third-order valence-corrected chi connectivity index (χ3v) is 5.75. The van der Waals surface area contributed by atoms with Crippen molar-refractivity contribution < 1.29 is 33.0 Å². The van der Waals surface area contributed by atoms with Gasteiger partial charge in [-0.05, 0) is 36.8 Å². The first-order chi connectivity index (χ1) is 15.5. The number of ether oxygens (including phenoxy) is 2. The van der Waals surface area contributed by atoms with Crippen LogP contribution in [0.5, 0.6) is 5.75 Å². The third kappa shape index (κ3) is 4.26. The Morgan fingerprint density at radius 2 is 2.00 bits per heavy atom. The maximum absolute atomic E-state index is 13.9. The van der Waals surface area contributed by atoms with Crippen LogP contribution in [0.4, 0.5) is 4.39 Å². The summed E-state index contributed by atoms with van der Waals surface area (Å²) in [4.78, 5) is 29.5. The van der Waals surface area contributed by atoms with Gasteiger partial charge in [-0.25, -0.2) is 4.39 Å². The van der Waals surface area contributed by atoms with Crippen molar-refractivity contribution in [1.29, 1.82) is 0 Å². The molecule has 1 aromatic carbocycles. The largest absolute Gasteiger partial charge is 0.507 e. The Morgan fingerprint density at radius 3 is 2.69 bits per heavy atom. The second-order valence-electron chi connectivity index (χ2n) is 7.66. The molecule has 32 heavy (non-hydrogen) atoms. The highest BCUT2D eigenvalue weighted by molar-refractivity contribution is 6.46. The van der Waals surface area contributed by atoms with Crippen molar-refractivity contribution in [3.8, 4) is 5.75 Å². The number of amides is 1. The molecule has 0 bridgehead atoms. The lowest BCUT2D eigenvalue weighted by molar-refractivity contribution is -0.140. The van der Waals surface area contributed by atoms with E-state index in [1.807, 2.05) is 0 Å². The highest BCUT2D eigenvalue weighted by atomic mass is 19.1. The Hall–Kier alpha value is -3.17. The van der Waals surface area contributed by atoms with E-state index in [1.165, 1.54) is 30.4 Å². The molecule has 9 heteroatoms. The van der Waals surface area contributed by atoms with E-state index in [0.29, 0.717) is 31.9 Å². The monoisotopic (exact) mass is 444 g/mol. The van der Waals surface area contributed by atoms with Gasteiger partial charge in [-0.3, -0.25) is 14.5 Å². The minimum atomic E-state index is -0.914. The Kier molecular flexibility index (Phi) is 6.57. The summed E-state index contributed by atoms with van der Waals surface area (Å²) in [6.45, 7) is 4.03. The molecule has 2 saturated heterocycles. The summed E-state index contributed by atoms with van der Waals surface area (Å²) in [5.41, 5.74) is -0.157. The Morgan fingerprint density at radius 1 is 1.22 bits per heavy atom. The van der Waals surface area contributed by atoms with Gasteiger partial charge in [0.25, 0.3) is 11.7 Å². The lowest BCUT2D eigenvalue weighted by Gasteiger charge is -2.28. The number of carbonyl (C=O) groups is 2. The average molecular weight is 444 g/mol. The van der Waals surface area contributed by atoms with Crippen molar-refractivity contribution in [3.05, 3.63) is 59.3 Å². The molecule has 8 nitrogen and oxygen atoms in total. The van der Waals surface area contributed by atoms with Crippen molar-refractivity contribution in [2.24, 2.45) is 0 Å². The number of methoxy groups -OCH3 is 1. The Labute approximate surface area is 184 Å². The lowest BCUT2D eigenvalue weighted by atomic mass is 9.98. The van der Waals surface area contributed by atoms with Crippen LogP contribution in [0, 0.1) is 5.82 Å². The number of hydrogen-bond donors (Lipinski definition) is 1. The zero-order valence-corrected chi connectivity index (χ0v) is 17.8. The van der Waals surface area contributed by atoms with E-state index < -0.39 is 29.3 Å². The Bertz CT molecular complexity index is 1010. The summed E-state index contributed by atoms with van der Waals surface area (Å²) >= 11 is 0. The number of hydrogen-bond acceptors (Lipinski definition) is 7. The molecule has 1 aromatic heterocycles. The molecule has 170 valence electrons. The van der Waals surface area contributed by atoms with E-state index >= 15 is 0 Å². The van der Waals surface area contributed by atoms with Gasteiger partial charge in [0.1, 0.15) is 29.1 Å². The molecule has 0 saturated carbocycles. The minimum absolute atomic E-state index is 0.00428. The molecular formula is C23H25FN2O6. The Balaban J connectivity index is 1.67. The fourth-order valence-corrected chi connectivity index (χ4v) is 4.15. The van der Waals surface area contributed by atoms with Crippen molar-refractivity contribution in [2.75, 3.05) is 46.5 Å². The number of ketones is 1. The molecule has 2 aromatic rings. The smallest absolute Gasteiger partial charge is 0.295 e. The molecule has 3 heterocycles. The van der Waals surface area contributed by atoms with Gasteiger partial charge in [-0.1, -0.05) is 0 Å². The van der Waals surface area contributed by atoms with E-state index in [2.05, 4.69) is 4.90 Å². The fraction of sp³-hybridized carbons (Fsp3) is 0.391. The second-order valence-corrected chi connectivity index (χ2v) is 7.66. The van der Waals surface area contributed by atoms with E-state index in [4.69, 9.17) is 13.9 Å². The molecular weight excluding hydrogens is 419 g/mol. The first-order valence-corrected chi connectivity index (χ1v) is 10.5. The molecule has 2 aliphatic heterocycles. The summed E-state index contributed by atoms with van der Waals surface area (Å²) in [6, 6.07) is 5.98. The van der Waals surface area contributed by atoms with Gasteiger partial charge in [-0.2, -0.15) is 0 Å². The van der Waals surface area contributed by atoms with Crippen molar-refractivity contribution in [1.82, 2.24) is 9.80 Å². The van der Waals surface area contributed by atoms with Crippen LogP contribution >= 0.6 is 0 Å². The van der Waals surface area contributed by atoms with Crippen LogP contribution in [0.2, 0.25) is 0 Å². The fourth-order valence-electron chi connectivity index (χ4n) is 4.15. The number of halogens is 1. The second kappa shape index (κ2) is 9.54. The zero-order chi connectivity index (χ0) is 22.7. The lowest BCUT2D eigenvalue weighted by Crippen LogP contribution is -2.38. The van der Waals surface area contributed by atoms with E-state index in [1.54, 1.807) is 12.1 Å². The van der Waals surface area contributed by atoms with Gasteiger partial charge in [0.2, 0.25) is 0 Å². The van der Waals surface area contributed by atoms with Crippen molar-refractivity contribution in [2.45, 2.75) is 12.5 Å². The van der Waals surface area contributed by atoms with Crippen molar-refractivity contribution in [3.63, 3.8) is 0 Å². The van der Waals surface area contributed by atoms with Gasteiger partial charge in [0, 0.05) is 26.2 Å². The number of rotatable bonds is 7. The van der Waals surface area contributed by atoms with Crippen molar-refractivity contribution >= 4 is 17.4 Å². The number of furan rings is 1. The number of carbonyl (C=O) groups excluding carboxylic acids is 2. The summed E-state index contributed by atoms with van der Waals surface area (Å²) in [7, 11) is 1.37. The number of nitrogens with zero attached hydrogens (tertiary/aromatic N) is 2. The zero-order valence-electron chi connectivity index (χ0n) is 17.8. The van der Waals surface area contributed by atoms with Crippen LogP contribution < -0.4 is 4.74 Å². The van der Waals surface area contributed by atoms with Gasteiger partial charge in [0.05, 0.1) is 37.7 Å². The number of benzene rings is 1. The number of morpholine rings is 1. The summed E-state index contributed by atoms with van der Waals surface area (Å²) in [5, 5.41) is 11.0. The topological polar surface area (TPSA) is 92.5 Å². The SMILES string of the molecule is COc1ccc(F)cc1C(O)=C1C(=O)C(=O)N(CCCN2CCOCC2)[C@H]1c1ccco1. The van der Waals surface area contributed by atoms with E-state index in [9.17, 15) is 19.1 Å². The molecule has 0 unspecified atom stereocenters. The molecule has 1 N–H and O–H groups in total. The third-order valence-electron chi connectivity index (χ3n) is 5.75. The summed E-state index contributed by atoms with van der Waals surface area (Å²) in [6.07, 6.45) is 2.07. The highest BCUT2D eigenvalue weighted by Gasteiger charge is 2.47. The molecule has 2 fully saturated rings. The highest BCUT2D eigenvalue weighted by Crippen LogP contribution is 2.41. The normalized spacial score (nSPS) is 21.3. The maximum Gasteiger partial charge on any atom is 0.295 e. The number of Topliss-reactive ketones (excluding diaryl/α,β-unsaturated/α-hetero) is 1. The number of aliphatic hydroxyl groups excluding tert-OH is 1. The minimum Gasteiger partial charge on any atom is -0.507 e. The van der Waals surface area contributed by atoms with E-state index in [-0.39, 0.29) is 16.9 Å². The van der Waals surface area contributed by atoms with Gasteiger partial charge in [-0.15, -0.1) is 0 Å². The van der Waals surface area contributed by atoms with Crippen LogP contribution in [-0.4, -0.2) is 73.1 Å². The molecule has 1 amide bonds. The molecule has 1 atom stereocenters. The van der Waals surface area contributed by atoms with Crippen LogP contribution in [0.3, 0.4) is 0 Å². The standard InChI is InChI=1S/C23H25FN2O6/c1-30-17-6-5-15(24)14-16(17)21(27)19-20(18-4-2-11-32-18)26(23(29)22(19)28)8-3-7-25-9-12-31-13-10-25/h2,4-6,11,14,20,27H,3,7-10,12-13H2,1H3/t20-/m0/s1. The first kappa shape index (κ1) is 22.0. The summed E-state index contributed by atoms with van der Waals surface area (Å²) < 4.78 is 30.0. The quantitative estimate of drug-likeness (QED) is 0.399. The van der Waals surface area contributed by atoms with Gasteiger partial charge in [0.15, 0.2) is 0 Å². The first-order valence-electron chi connectivity index (χ1n) is 10.5. The molecule has 0 aliphatic carbocycles. The molecule has 0 radical (unpaired) electrons. The van der Waals surface area contributed by atoms with Gasteiger partial charge >= 0.3 is 0 Å². The van der Waals surface area contributed by atoms with Crippen LogP contribution in [0.25, 0.3) is 5.76 Å². The van der Waals surface area contributed by atoms with Crippen LogP contribution in [0.15, 0.2) is 46.6 Å². The number of aliphatic hydroxyl groups is 1.